The highest BCUT2D eigenvalue weighted by Crippen LogP contribution is 2.34. The zero-order valence-electron chi connectivity index (χ0n) is 37.7. The summed E-state index contributed by atoms with van der Waals surface area (Å²) >= 11 is 31.3. The van der Waals surface area contributed by atoms with E-state index in [4.69, 9.17) is 67.5 Å². The Hall–Kier alpha value is -6.43. The maximum atomic E-state index is 13.6. The van der Waals surface area contributed by atoms with Gasteiger partial charge >= 0.3 is 0 Å². The summed E-state index contributed by atoms with van der Waals surface area (Å²) < 4.78 is 10.9. The number of anilines is 4. The van der Waals surface area contributed by atoms with Crippen LogP contribution in [0.15, 0.2) is 111 Å². The van der Waals surface area contributed by atoms with E-state index in [0.717, 1.165) is 25.0 Å². The van der Waals surface area contributed by atoms with Gasteiger partial charge in [0.15, 0.2) is 11.6 Å². The van der Waals surface area contributed by atoms with E-state index >= 15 is 0 Å². The average Bonchev–Trinajstić information content (AvgIpc) is 3.31. The van der Waals surface area contributed by atoms with Gasteiger partial charge < -0.3 is 30.7 Å². The molecule has 360 valence electrons. The zero-order chi connectivity index (χ0) is 50.4. The summed E-state index contributed by atoms with van der Waals surface area (Å²) in [5.41, 5.74) is 3.32. The second kappa shape index (κ2) is 25.3. The summed E-state index contributed by atoms with van der Waals surface area (Å²) in [7, 11) is 2.94. The van der Waals surface area contributed by atoms with Gasteiger partial charge in [-0.05, 0) is 117 Å². The van der Waals surface area contributed by atoms with Crippen molar-refractivity contribution in [1.82, 2.24) is 0 Å². The number of nitrogens with one attached hydrogen (secondary N) is 4. The number of benzene rings is 5. The Kier molecular flexibility index (Phi) is 19.6. The lowest BCUT2D eigenvalue weighted by Gasteiger charge is -2.17. The van der Waals surface area contributed by atoms with E-state index in [0.29, 0.717) is 53.0 Å². The second-order valence-electron chi connectivity index (χ2n) is 15.0. The van der Waals surface area contributed by atoms with Gasteiger partial charge in [0.25, 0.3) is 23.6 Å². The average molecular weight is 1040 g/mol. The Labute approximate surface area is 422 Å². The molecule has 3 unspecified atom stereocenters. The smallest absolute Gasteiger partial charge is 0.258 e. The van der Waals surface area contributed by atoms with Gasteiger partial charge in [-0.15, -0.1) is 34.8 Å². The van der Waals surface area contributed by atoms with Crippen molar-refractivity contribution in [2.24, 2.45) is 20.5 Å². The number of methoxy groups -OCH3 is 2. The first-order chi connectivity index (χ1) is 33.0. The topological polar surface area (TPSA) is 218 Å². The number of alkyl halides is 3. The van der Waals surface area contributed by atoms with Crippen molar-refractivity contribution in [3.8, 4) is 11.5 Å². The normalized spacial score (nSPS) is 12.5. The van der Waals surface area contributed by atoms with Gasteiger partial charge in [0.1, 0.15) is 11.5 Å². The number of ether oxygens (including phenoxy) is 2. The molecule has 0 aliphatic carbocycles. The molecule has 5 aromatic carbocycles. The molecular formula is C48H45Cl5N8O8. The fourth-order valence-electron chi connectivity index (χ4n) is 6.64. The molecule has 0 saturated carbocycles. The largest absolute Gasteiger partial charge is 0.495 e. The van der Waals surface area contributed by atoms with Crippen LogP contribution in [-0.4, -0.2) is 73.3 Å². The predicted octanol–water partition coefficient (Wildman–Crippen LogP) is 11.7. The third kappa shape index (κ3) is 14.1. The van der Waals surface area contributed by atoms with Gasteiger partial charge in [-0.25, -0.2) is 0 Å². The van der Waals surface area contributed by atoms with Gasteiger partial charge in [0, 0.05) is 23.1 Å². The highest BCUT2D eigenvalue weighted by molar-refractivity contribution is 6.35. The Morgan fingerprint density at radius 3 is 1.45 bits per heavy atom. The van der Waals surface area contributed by atoms with Crippen molar-refractivity contribution < 1.29 is 38.2 Å². The zero-order valence-corrected chi connectivity index (χ0v) is 41.4. The molecule has 0 aromatic heterocycles. The van der Waals surface area contributed by atoms with Gasteiger partial charge in [-0.2, -0.15) is 20.5 Å². The Morgan fingerprint density at radius 2 is 1.04 bits per heavy atom. The van der Waals surface area contributed by atoms with E-state index in [1.807, 2.05) is 0 Å². The number of hydrogen-bond acceptors (Lipinski definition) is 12. The van der Waals surface area contributed by atoms with E-state index in [9.17, 15) is 28.8 Å². The summed E-state index contributed by atoms with van der Waals surface area (Å²) in [5.74, 6) is -2.72. The summed E-state index contributed by atoms with van der Waals surface area (Å²) in [6, 6.07) is 20.1. The molecule has 69 heavy (non-hydrogen) atoms. The van der Waals surface area contributed by atoms with Crippen LogP contribution in [0, 0.1) is 0 Å². The number of ketones is 2. The van der Waals surface area contributed by atoms with Crippen molar-refractivity contribution in [3.05, 3.63) is 129 Å². The number of aryl methyl sites for hydroxylation is 2. The molecule has 0 radical (unpaired) electrons. The van der Waals surface area contributed by atoms with Crippen LogP contribution in [0.1, 0.15) is 63.6 Å². The number of carbonyl (C=O) groups is 6. The Bertz CT molecular complexity index is 2820. The summed E-state index contributed by atoms with van der Waals surface area (Å²) in [5, 5.41) is 26.5. The summed E-state index contributed by atoms with van der Waals surface area (Å²) in [4.78, 5) is 79.4. The molecule has 0 aliphatic heterocycles. The summed E-state index contributed by atoms with van der Waals surface area (Å²) in [6.45, 7) is 3.94. The van der Waals surface area contributed by atoms with Crippen molar-refractivity contribution in [2.75, 3.05) is 47.2 Å². The molecular weight excluding hydrogens is 994 g/mol. The van der Waals surface area contributed by atoms with Crippen LogP contribution in [0.2, 0.25) is 10.0 Å². The third-order valence-corrected chi connectivity index (χ3v) is 11.4. The van der Waals surface area contributed by atoms with Crippen LogP contribution in [-0.2, 0) is 32.0 Å². The maximum Gasteiger partial charge on any atom is 0.258 e. The van der Waals surface area contributed by atoms with Crippen molar-refractivity contribution in [2.45, 2.75) is 51.1 Å². The SMILES string of the molecule is COc1cccc(CCCl)c1NC(=O)c1cc(N=NC(C(C)=O)C(=O)Nc2ccc(NC(=O)C(N=Nc3ccc(Cl)c(C(=O)Nc4c(CCCl)cccc4OC)c3)C(C)=O)c(C(C)Cl)c2)ccc1Cl. The molecule has 0 fully saturated rings. The third-order valence-electron chi connectivity index (χ3n) is 10.1. The molecule has 21 heteroatoms. The lowest BCUT2D eigenvalue weighted by Crippen LogP contribution is -2.32. The fraction of sp³-hybridized carbons (Fsp3) is 0.250. The van der Waals surface area contributed by atoms with E-state index in [-0.39, 0.29) is 43.9 Å². The van der Waals surface area contributed by atoms with Gasteiger partial charge in [0.05, 0.1) is 63.5 Å². The molecule has 0 aliphatic rings. The Balaban J connectivity index is 1.29. The minimum Gasteiger partial charge on any atom is -0.495 e. The van der Waals surface area contributed by atoms with Crippen LogP contribution in [0.3, 0.4) is 0 Å². The van der Waals surface area contributed by atoms with Crippen molar-refractivity contribution in [3.63, 3.8) is 0 Å². The molecule has 0 saturated heterocycles. The minimum atomic E-state index is -1.63. The van der Waals surface area contributed by atoms with Crippen LogP contribution < -0.4 is 30.7 Å². The first-order valence-corrected chi connectivity index (χ1v) is 23.1. The number of para-hydroxylation sites is 2. The number of azo groups is 2. The lowest BCUT2D eigenvalue weighted by molar-refractivity contribution is -0.127. The molecule has 0 bridgehead atoms. The number of hydrogen-bond donors (Lipinski definition) is 4. The number of carbonyl (C=O) groups excluding carboxylic acids is 6. The van der Waals surface area contributed by atoms with Gasteiger partial charge in [0.2, 0.25) is 12.1 Å². The van der Waals surface area contributed by atoms with Crippen LogP contribution in [0.25, 0.3) is 0 Å². The standard InChI is InChI=1S/C48H45Cl5N8O8/c1-25(51)33-22-30(54-47(66)41(26(2)62)60-58-31-12-15-36(52)34(23-31)45(64)56-43-28(18-20-49)8-6-10-39(43)68-4)14-17-38(33)55-48(67)42(27(3)63)61-59-32-13-16-37(53)35(24-32)46(65)57-44-29(19-21-50)9-7-11-40(44)69-5/h6-17,22-25,41-42H,18-21H2,1-5H3,(H,54,66)(H,55,67)(H,56,64)(H,57,65). The molecule has 4 N–H and O–H groups in total. The lowest BCUT2D eigenvalue weighted by atomic mass is 10.1. The van der Waals surface area contributed by atoms with E-state index < -0.39 is 52.7 Å². The molecule has 0 spiro atoms. The van der Waals surface area contributed by atoms with Gasteiger partial charge in [-0.1, -0.05) is 47.5 Å². The first kappa shape index (κ1) is 53.5. The number of nitrogens with zero attached hydrogens (tertiary/aromatic N) is 4. The van der Waals surface area contributed by atoms with Crippen molar-refractivity contribution >= 4 is 127 Å². The number of amides is 4. The number of rotatable bonds is 21. The molecule has 0 heterocycles. The molecule has 16 nitrogen and oxygen atoms in total. The minimum absolute atomic E-state index is 0.0329. The quantitative estimate of drug-likeness (QED) is 0.0314. The summed E-state index contributed by atoms with van der Waals surface area (Å²) in [6.07, 6.45) is 0.910. The van der Waals surface area contributed by atoms with Crippen molar-refractivity contribution in [1.29, 1.82) is 0 Å². The maximum absolute atomic E-state index is 13.6. The number of Topliss-reactive ketones (excluding diaryl/α,β-unsaturated/α-hetero) is 2. The van der Waals surface area contributed by atoms with E-state index in [1.165, 1.54) is 68.8 Å². The monoisotopic (exact) mass is 1040 g/mol. The molecule has 5 rings (SSSR count). The highest BCUT2D eigenvalue weighted by Gasteiger charge is 2.27. The molecule has 3 atom stereocenters. The highest BCUT2D eigenvalue weighted by atomic mass is 35.5. The van der Waals surface area contributed by atoms with E-state index in [1.54, 1.807) is 43.3 Å². The number of halogens is 5. The van der Waals surface area contributed by atoms with Crippen LogP contribution >= 0.6 is 58.0 Å². The molecule has 5 aromatic rings. The first-order valence-electron chi connectivity index (χ1n) is 20.9. The second-order valence-corrected chi connectivity index (χ2v) is 17.2. The molecule has 4 amide bonds. The fourth-order valence-corrected chi connectivity index (χ4v) is 7.63. The van der Waals surface area contributed by atoms with Crippen LogP contribution in [0.5, 0.6) is 11.5 Å². The van der Waals surface area contributed by atoms with Gasteiger partial charge in [-0.3, -0.25) is 28.8 Å². The predicted molar refractivity (Wildman–Crippen MR) is 270 cm³/mol. The van der Waals surface area contributed by atoms with Crippen LogP contribution in [0.4, 0.5) is 34.1 Å². The van der Waals surface area contributed by atoms with E-state index in [2.05, 4.69) is 41.7 Å². The Morgan fingerprint density at radius 1 is 0.594 bits per heavy atom.